The Bertz CT molecular complexity index is 860. The highest BCUT2D eigenvalue weighted by atomic mass is 16.5. The smallest absolute Gasteiger partial charge is 0.360 e. The molecule has 9 heteroatoms. The summed E-state index contributed by atoms with van der Waals surface area (Å²) in [5, 5.41) is 10.3. The van der Waals surface area contributed by atoms with Gasteiger partial charge in [0.15, 0.2) is 5.69 Å². The lowest BCUT2D eigenvalue weighted by atomic mass is 10.2. The fourth-order valence-corrected chi connectivity index (χ4v) is 1.90. The van der Waals surface area contributed by atoms with Crippen LogP contribution < -0.4 is 5.32 Å². The van der Waals surface area contributed by atoms with Gasteiger partial charge in [0.2, 0.25) is 0 Å². The molecule has 0 radical (unpaired) electrons. The molecule has 1 aromatic carbocycles. The molecule has 2 aromatic heterocycles. The van der Waals surface area contributed by atoms with Gasteiger partial charge in [0.1, 0.15) is 5.69 Å². The highest BCUT2D eigenvalue weighted by Gasteiger charge is 2.12. The summed E-state index contributed by atoms with van der Waals surface area (Å²) in [4.78, 5) is 31.1. The minimum Gasteiger partial charge on any atom is -0.464 e. The largest absolute Gasteiger partial charge is 0.464 e. The minimum absolute atomic E-state index is 0.109. The zero-order valence-electron chi connectivity index (χ0n) is 12.6. The molecule has 9 nitrogen and oxygen atoms in total. The van der Waals surface area contributed by atoms with Gasteiger partial charge in [-0.3, -0.25) is 9.78 Å². The van der Waals surface area contributed by atoms with Crippen LogP contribution in [0.2, 0.25) is 0 Å². The summed E-state index contributed by atoms with van der Waals surface area (Å²) in [6, 6.07) is 6.84. The predicted molar refractivity (Wildman–Crippen MR) is 82.7 cm³/mol. The van der Waals surface area contributed by atoms with Crippen LogP contribution in [0.3, 0.4) is 0 Å². The summed E-state index contributed by atoms with van der Waals surface area (Å²) in [7, 11) is 1.27. The summed E-state index contributed by atoms with van der Waals surface area (Å²) in [6.07, 6.45) is 5.78. The molecule has 0 saturated heterocycles. The molecular formula is C15H12N6O3. The molecular weight excluding hydrogens is 312 g/mol. The van der Waals surface area contributed by atoms with Crippen LogP contribution in [0.4, 0.5) is 5.69 Å². The van der Waals surface area contributed by atoms with Gasteiger partial charge < -0.3 is 10.1 Å². The first-order chi connectivity index (χ1) is 11.7. The van der Waals surface area contributed by atoms with Crippen molar-refractivity contribution in [1.82, 2.24) is 25.0 Å². The van der Waals surface area contributed by atoms with Crippen LogP contribution in [0.1, 0.15) is 21.0 Å². The Morgan fingerprint density at radius 3 is 2.58 bits per heavy atom. The molecule has 0 atom stereocenters. The Labute approximate surface area is 136 Å². The number of carbonyl (C=O) groups excluding carboxylic acids is 2. The number of hydrogen-bond acceptors (Lipinski definition) is 7. The summed E-state index contributed by atoms with van der Waals surface area (Å²) in [5.74, 6) is -0.918. The highest BCUT2D eigenvalue weighted by molar-refractivity contribution is 6.02. The van der Waals surface area contributed by atoms with Gasteiger partial charge in [-0.1, -0.05) is 5.21 Å². The van der Waals surface area contributed by atoms with Crippen molar-refractivity contribution >= 4 is 17.6 Å². The number of nitrogens with one attached hydrogen (secondary N) is 1. The monoisotopic (exact) mass is 324 g/mol. The van der Waals surface area contributed by atoms with Gasteiger partial charge in [-0.05, 0) is 24.3 Å². The van der Waals surface area contributed by atoms with E-state index >= 15 is 0 Å². The Morgan fingerprint density at radius 2 is 1.92 bits per heavy atom. The maximum atomic E-state index is 12.0. The average molecular weight is 324 g/mol. The van der Waals surface area contributed by atoms with Crippen LogP contribution in [0, 0.1) is 0 Å². The second kappa shape index (κ2) is 6.65. The molecule has 0 aliphatic rings. The van der Waals surface area contributed by atoms with Gasteiger partial charge in [0.05, 0.1) is 25.2 Å². The maximum Gasteiger partial charge on any atom is 0.360 e. The number of rotatable bonds is 4. The Morgan fingerprint density at radius 1 is 1.12 bits per heavy atom. The molecule has 1 amide bonds. The normalized spacial score (nSPS) is 10.2. The van der Waals surface area contributed by atoms with Gasteiger partial charge in [-0.25, -0.2) is 14.5 Å². The van der Waals surface area contributed by atoms with E-state index in [1.807, 2.05) is 0 Å². The predicted octanol–water partition coefficient (Wildman–Crippen LogP) is 1.10. The number of nitrogens with zero attached hydrogens (tertiary/aromatic N) is 5. The van der Waals surface area contributed by atoms with Crippen molar-refractivity contribution in [3.05, 3.63) is 60.4 Å². The van der Waals surface area contributed by atoms with Crippen molar-refractivity contribution in [2.75, 3.05) is 12.4 Å². The van der Waals surface area contributed by atoms with E-state index in [9.17, 15) is 9.59 Å². The standard InChI is InChI=1S/C15H12N6O3/c1-24-15(23)13-9-21(20-19-13)11-4-2-10(3-5-11)18-14(22)12-8-16-6-7-17-12/h2-9H,1H3,(H,18,22). The average Bonchev–Trinajstić information content (AvgIpc) is 3.12. The fraction of sp³-hybridized carbons (Fsp3) is 0.0667. The Balaban J connectivity index is 1.73. The van der Waals surface area contributed by atoms with Crippen molar-refractivity contribution in [2.24, 2.45) is 0 Å². The van der Waals surface area contributed by atoms with Crippen molar-refractivity contribution in [1.29, 1.82) is 0 Å². The quantitative estimate of drug-likeness (QED) is 0.715. The number of methoxy groups -OCH3 is 1. The van der Waals surface area contributed by atoms with E-state index in [2.05, 4.69) is 30.3 Å². The van der Waals surface area contributed by atoms with Crippen molar-refractivity contribution in [3.63, 3.8) is 0 Å². The number of esters is 1. The van der Waals surface area contributed by atoms with Crippen LogP contribution >= 0.6 is 0 Å². The lowest BCUT2D eigenvalue weighted by Gasteiger charge is -2.05. The van der Waals surface area contributed by atoms with Crippen molar-refractivity contribution in [2.45, 2.75) is 0 Å². The first-order valence-electron chi connectivity index (χ1n) is 6.86. The lowest BCUT2D eigenvalue weighted by molar-refractivity contribution is 0.0593. The minimum atomic E-state index is -0.561. The molecule has 0 unspecified atom stereocenters. The first-order valence-corrected chi connectivity index (χ1v) is 6.86. The maximum absolute atomic E-state index is 12.0. The first kappa shape index (κ1) is 15.3. The van der Waals surface area contributed by atoms with Gasteiger partial charge in [-0.2, -0.15) is 0 Å². The Kier molecular flexibility index (Phi) is 4.23. The fourth-order valence-electron chi connectivity index (χ4n) is 1.90. The molecule has 3 aromatic rings. The number of carbonyl (C=O) groups is 2. The number of benzene rings is 1. The van der Waals surface area contributed by atoms with Crippen LogP contribution in [-0.4, -0.2) is 43.9 Å². The third kappa shape index (κ3) is 3.24. The summed E-state index contributed by atoms with van der Waals surface area (Å²) >= 11 is 0. The van der Waals surface area contributed by atoms with Crippen LogP contribution in [0.5, 0.6) is 0 Å². The highest BCUT2D eigenvalue weighted by Crippen LogP contribution is 2.13. The number of amides is 1. The lowest BCUT2D eigenvalue weighted by Crippen LogP contribution is -2.13. The Hall–Kier alpha value is -3.62. The van der Waals surface area contributed by atoms with E-state index in [4.69, 9.17) is 0 Å². The zero-order valence-corrected chi connectivity index (χ0v) is 12.6. The van der Waals surface area contributed by atoms with E-state index in [0.717, 1.165) is 0 Å². The van der Waals surface area contributed by atoms with Gasteiger partial charge in [0.25, 0.3) is 5.91 Å². The molecule has 1 N–H and O–H groups in total. The van der Waals surface area contributed by atoms with Gasteiger partial charge in [0, 0.05) is 18.1 Å². The van der Waals surface area contributed by atoms with Gasteiger partial charge >= 0.3 is 5.97 Å². The van der Waals surface area contributed by atoms with E-state index in [-0.39, 0.29) is 17.3 Å². The summed E-state index contributed by atoms with van der Waals surface area (Å²) < 4.78 is 6.01. The van der Waals surface area contributed by atoms with E-state index in [1.165, 1.54) is 36.6 Å². The number of aromatic nitrogens is 5. The molecule has 24 heavy (non-hydrogen) atoms. The second-order valence-corrected chi connectivity index (χ2v) is 4.63. The molecule has 0 bridgehead atoms. The van der Waals surface area contributed by atoms with Crippen LogP contribution in [0.25, 0.3) is 5.69 Å². The summed E-state index contributed by atoms with van der Waals surface area (Å²) in [6.45, 7) is 0. The molecule has 3 rings (SSSR count). The van der Waals surface area contributed by atoms with Crippen molar-refractivity contribution < 1.29 is 14.3 Å². The third-order valence-electron chi connectivity index (χ3n) is 3.07. The van der Waals surface area contributed by atoms with Crippen LogP contribution in [0.15, 0.2) is 49.1 Å². The number of anilines is 1. The van der Waals surface area contributed by atoms with Crippen LogP contribution in [-0.2, 0) is 4.74 Å². The SMILES string of the molecule is COC(=O)c1cn(-c2ccc(NC(=O)c3cnccn3)cc2)nn1. The van der Waals surface area contributed by atoms with Crippen molar-refractivity contribution in [3.8, 4) is 5.69 Å². The number of hydrogen-bond donors (Lipinski definition) is 1. The van der Waals surface area contributed by atoms with Gasteiger partial charge in [-0.15, -0.1) is 5.10 Å². The third-order valence-corrected chi connectivity index (χ3v) is 3.07. The summed E-state index contributed by atoms with van der Waals surface area (Å²) in [5.41, 5.74) is 1.59. The molecule has 120 valence electrons. The molecule has 0 spiro atoms. The van der Waals surface area contributed by atoms with E-state index < -0.39 is 5.97 Å². The second-order valence-electron chi connectivity index (χ2n) is 4.63. The molecule has 0 fully saturated rings. The molecule has 0 aliphatic carbocycles. The molecule has 0 saturated carbocycles. The molecule has 2 heterocycles. The number of ether oxygens (including phenoxy) is 1. The van der Waals surface area contributed by atoms with E-state index in [1.54, 1.807) is 24.3 Å². The topological polar surface area (TPSA) is 112 Å². The van der Waals surface area contributed by atoms with E-state index in [0.29, 0.717) is 11.4 Å². The zero-order chi connectivity index (χ0) is 16.9. The molecule has 0 aliphatic heterocycles.